The SMILES string of the molecule is CC(C)(C)c1ccc2c(-c3ccc4ccccc4c3)c3cc(C(C)(C)C)ccc3c(-c3cccc(-c4cccc(-c5cccc(-c6cccc7ccccc67)c5)c4)c3)c2c1. The predicted molar refractivity (Wildman–Crippen MR) is 261 cm³/mol. The smallest absolute Gasteiger partial charge is 0.00260 e. The first kappa shape index (κ1) is 37.5. The zero-order valence-corrected chi connectivity index (χ0v) is 35.5. The van der Waals surface area contributed by atoms with E-state index in [0.717, 1.165) is 0 Å². The lowest BCUT2D eigenvalue weighted by Crippen LogP contribution is -2.11. The van der Waals surface area contributed by atoms with Gasteiger partial charge >= 0.3 is 0 Å². The first-order chi connectivity index (χ1) is 29.0. The van der Waals surface area contributed by atoms with Gasteiger partial charge < -0.3 is 0 Å². The average molecular weight is 771 g/mol. The van der Waals surface area contributed by atoms with Crippen molar-refractivity contribution in [2.45, 2.75) is 52.4 Å². The molecule has 0 aliphatic rings. The summed E-state index contributed by atoms with van der Waals surface area (Å²) in [5.74, 6) is 0. The lowest BCUT2D eigenvalue weighted by Gasteiger charge is -2.25. The molecule has 60 heavy (non-hydrogen) atoms. The number of fused-ring (bicyclic) bond motifs is 4. The van der Waals surface area contributed by atoms with Gasteiger partial charge in [-0.15, -0.1) is 0 Å². The Hall–Kier alpha value is -6.76. The zero-order chi connectivity index (χ0) is 41.2. The van der Waals surface area contributed by atoms with Gasteiger partial charge in [-0.25, -0.2) is 0 Å². The van der Waals surface area contributed by atoms with E-state index in [4.69, 9.17) is 0 Å². The summed E-state index contributed by atoms with van der Waals surface area (Å²) in [5, 5.41) is 10.2. The van der Waals surface area contributed by atoms with Gasteiger partial charge in [-0.1, -0.05) is 199 Å². The van der Waals surface area contributed by atoms with E-state index in [1.54, 1.807) is 0 Å². The van der Waals surface area contributed by atoms with Crippen LogP contribution < -0.4 is 0 Å². The number of hydrogen-bond donors (Lipinski definition) is 0. The van der Waals surface area contributed by atoms with Crippen molar-refractivity contribution in [2.75, 3.05) is 0 Å². The highest BCUT2D eigenvalue weighted by atomic mass is 14.3. The van der Waals surface area contributed by atoms with E-state index in [1.807, 2.05) is 0 Å². The van der Waals surface area contributed by atoms with Gasteiger partial charge in [0.2, 0.25) is 0 Å². The number of benzene rings is 10. The Kier molecular flexibility index (Phi) is 9.07. The van der Waals surface area contributed by atoms with Crippen LogP contribution in [0.1, 0.15) is 52.7 Å². The molecular formula is C60H50. The highest BCUT2D eigenvalue weighted by Crippen LogP contribution is 2.47. The largest absolute Gasteiger partial charge is 0.0616 e. The Morgan fingerprint density at radius 2 is 0.683 bits per heavy atom. The van der Waals surface area contributed by atoms with Gasteiger partial charge in [-0.2, -0.15) is 0 Å². The third-order valence-corrected chi connectivity index (χ3v) is 12.5. The molecule has 10 rings (SSSR count). The molecule has 0 amide bonds. The normalized spacial score (nSPS) is 12.2. The Morgan fingerprint density at radius 3 is 1.27 bits per heavy atom. The molecule has 0 unspecified atom stereocenters. The van der Waals surface area contributed by atoms with E-state index in [0.29, 0.717) is 0 Å². The molecule has 290 valence electrons. The van der Waals surface area contributed by atoms with Crippen LogP contribution in [0.4, 0.5) is 0 Å². The number of hydrogen-bond acceptors (Lipinski definition) is 0. The minimum atomic E-state index is -0.00712. The summed E-state index contributed by atoms with van der Waals surface area (Å²) >= 11 is 0. The summed E-state index contributed by atoms with van der Waals surface area (Å²) < 4.78 is 0. The molecular weight excluding hydrogens is 721 g/mol. The van der Waals surface area contributed by atoms with E-state index in [1.165, 1.54) is 110 Å². The van der Waals surface area contributed by atoms with E-state index < -0.39 is 0 Å². The summed E-state index contributed by atoms with van der Waals surface area (Å²) in [5.41, 5.74) is 15.0. The molecule has 0 aliphatic heterocycles. The molecule has 0 fully saturated rings. The Bertz CT molecular complexity index is 3270. The molecule has 0 heteroatoms. The second-order valence-electron chi connectivity index (χ2n) is 18.6. The maximum absolute atomic E-state index is 2.47. The Balaban J connectivity index is 1.16. The van der Waals surface area contributed by atoms with Crippen LogP contribution in [0, 0.1) is 0 Å². The lowest BCUT2D eigenvalue weighted by atomic mass is 9.79. The van der Waals surface area contributed by atoms with Gasteiger partial charge in [0.25, 0.3) is 0 Å². The third-order valence-electron chi connectivity index (χ3n) is 12.5. The van der Waals surface area contributed by atoms with Crippen LogP contribution in [0.2, 0.25) is 0 Å². The minimum Gasteiger partial charge on any atom is -0.0616 e. The molecule has 0 nitrogen and oxygen atoms in total. The molecule has 0 bridgehead atoms. The molecule has 0 aliphatic carbocycles. The van der Waals surface area contributed by atoms with Crippen molar-refractivity contribution >= 4 is 43.1 Å². The maximum Gasteiger partial charge on any atom is -0.00260 e. The van der Waals surface area contributed by atoms with Crippen LogP contribution in [-0.2, 0) is 10.8 Å². The second-order valence-corrected chi connectivity index (χ2v) is 18.6. The van der Waals surface area contributed by atoms with Gasteiger partial charge in [-0.05, 0) is 157 Å². The van der Waals surface area contributed by atoms with Crippen LogP contribution in [-0.4, -0.2) is 0 Å². The van der Waals surface area contributed by atoms with Crippen molar-refractivity contribution in [3.05, 3.63) is 205 Å². The van der Waals surface area contributed by atoms with Crippen LogP contribution in [0.25, 0.3) is 98.7 Å². The van der Waals surface area contributed by atoms with Crippen LogP contribution in [0.15, 0.2) is 194 Å². The van der Waals surface area contributed by atoms with Crippen LogP contribution in [0.5, 0.6) is 0 Å². The van der Waals surface area contributed by atoms with E-state index in [9.17, 15) is 0 Å². The molecule has 0 aromatic heterocycles. The fourth-order valence-electron chi connectivity index (χ4n) is 9.20. The van der Waals surface area contributed by atoms with Gasteiger partial charge in [0.15, 0.2) is 0 Å². The summed E-state index contributed by atoms with van der Waals surface area (Å²) in [6, 6.07) is 72.7. The summed E-state index contributed by atoms with van der Waals surface area (Å²) in [6.07, 6.45) is 0. The zero-order valence-electron chi connectivity index (χ0n) is 35.5. The minimum absolute atomic E-state index is 0.000603. The standard InChI is InChI=1S/C60H50/c1-59(2,3)49-30-32-54-55(37-49)57(53-31-29-50(60(4,5)6)38-56(53)58(54)48-28-27-39-15-7-8-17-41(39)35-48)47-24-13-22-45(36-47)43-20-11-19-42(33-43)44-21-12-23-46(34-44)52-26-14-18-40-16-9-10-25-51(40)52/h7-38H,1-6H3. The molecule has 0 N–H and O–H groups in total. The van der Waals surface area contributed by atoms with Crippen molar-refractivity contribution in [3.8, 4) is 55.6 Å². The first-order valence-corrected chi connectivity index (χ1v) is 21.3. The van der Waals surface area contributed by atoms with Gasteiger partial charge in [0.05, 0.1) is 0 Å². The lowest BCUT2D eigenvalue weighted by molar-refractivity contribution is 0.590. The maximum atomic E-state index is 2.47. The first-order valence-electron chi connectivity index (χ1n) is 21.3. The van der Waals surface area contributed by atoms with Crippen molar-refractivity contribution in [2.24, 2.45) is 0 Å². The summed E-state index contributed by atoms with van der Waals surface area (Å²) in [6.45, 7) is 13.9. The van der Waals surface area contributed by atoms with E-state index >= 15 is 0 Å². The topological polar surface area (TPSA) is 0 Å². The Labute approximate surface area is 354 Å². The molecule has 0 spiro atoms. The molecule has 10 aromatic rings. The molecule has 0 radical (unpaired) electrons. The van der Waals surface area contributed by atoms with Gasteiger partial charge in [0.1, 0.15) is 0 Å². The molecule has 0 atom stereocenters. The predicted octanol–water partition coefficient (Wildman–Crippen LogP) is 17.2. The van der Waals surface area contributed by atoms with Gasteiger partial charge in [0, 0.05) is 0 Å². The molecule has 0 saturated heterocycles. The molecule has 0 saturated carbocycles. The highest BCUT2D eigenvalue weighted by Gasteiger charge is 2.23. The second kappa shape index (κ2) is 14.5. The van der Waals surface area contributed by atoms with E-state index in [-0.39, 0.29) is 10.8 Å². The Morgan fingerprint density at radius 1 is 0.250 bits per heavy atom. The third kappa shape index (κ3) is 6.77. The van der Waals surface area contributed by atoms with Crippen molar-refractivity contribution in [1.29, 1.82) is 0 Å². The van der Waals surface area contributed by atoms with Crippen LogP contribution >= 0.6 is 0 Å². The highest BCUT2D eigenvalue weighted by molar-refractivity contribution is 6.22. The monoisotopic (exact) mass is 770 g/mol. The van der Waals surface area contributed by atoms with Gasteiger partial charge in [-0.3, -0.25) is 0 Å². The average Bonchev–Trinajstić information content (AvgIpc) is 3.27. The summed E-state index contributed by atoms with van der Waals surface area (Å²) in [4.78, 5) is 0. The quantitative estimate of drug-likeness (QED) is 0.153. The van der Waals surface area contributed by atoms with Crippen molar-refractivity contribution in [1.82, 2.24) is 0 Å². The van der Waals surface area contributed by atoms with Crippen molar-refractivity contribution in [3.63, 3.8) is 0 Å². The van der Waals surface area contributed by atoms with E-state index in [2.05, 4.69) is 236 Å². The molecule has 10 aromatic carbocycles. The fourth-order valence-corrected chi connectivity index (χ4v) is 9.20. The fraction of sp³-hybridized carbons (Fsp3) is 0.133. The summed E-state index contributed by atoms with van der Waals surface area (Å²) in [7, 11) is 0. The molecule has 0 heterocycles. The van der Waals surface area contributed by atoms with Crippen molar-refractivity contribution < 1.29 is 0 Å². The van der Waals surface area contributed by atoms with Crippen LogP contribution in [0.3, 0.4) is 0 Å². The number of rotatable bonds is 5.